The van der Waals surface area contributed by atoms with Crippen molar-refractivity contribution in [1.82, 2.24) is 15.3 Å². The van der Waals surface area contributed by atoms with E-state index in [1.807, 2.05) is 30.0 Å². The molecular formula is C27H31N5OS2. The van der Waals surface area contributed by atoms with E-state index in [4.69, 9.17) is 26.9 Å². The molecule has 0 bridgehead atoms. The summed E-state index contributed by atoms with van der Waals surface area (Å²) in [6, 6.07) is 21.3. The maximum Gasteiger partial charge on any atom is 0.170 e. The molecule has 2 N–H and O–H groups in total. The van der Waals surface area contributed by atoms with Crippen LogP contribution in [0.25, 0.3) is 11.4 Å². The fourth-order valence-electron chi connectivity index (χ4n) is 3.94. The number of nitrogens with one attached hydrogen (secondary N) is 2. The summed E-state index contributed by atoms with van der Waals surface area (Å²) < 4.78 is 5.34. The van der Waals surface area contributed by atoms with Gasteiger partial charge in [-0.3, -0.25) is 0 Å². The molecule has 2 heterocycles. The highest BCUT2D eigenvalue weighted by Gasteiger charge is 2.27. The smallest absolute Gasteiger partial charge is 0.170 e. The molecule has 0 atom stereocenters. The van der Waals surface area contributed by atoms with Gasteiger partial charge in [-0.2, -0.15) is 0 Å². The zero-order chi connectivity index (χ0) is 24.3. The van der Waals surface area contributed by atoms with Gasteiger partial charge < -0.3 is 20.3 Å². The van der Waals surface area contributed by atoms with Gasteiger partial charge in [-0.1, -0.05) is 18.2 Å². The largest absolute Gasteiger partial charge is 0.378 e. The normalized spacial score (nSPS) is 16.1. The second-order valence-electron chi connectivity index (χ2n) is 9.41. The highest BCUT2D eigenvalue weighted by Crippen LogP contribution is 2.41. The van der Waals surface area contributed by atoms with Gasteiger partial charge in [-0.15, -0.1) is 11.8 Å². The van der Waals surface area contributed by atoms with E-state index in [9.17, 15) is 0 Å². The van der Waals surface area contributed by atoms with Crippen LogP contribution in [0.5, 0.6) is 0 Å². The van der Waals surface area contributed by atoms with Gasteiger partial charge in [0, 0.05) is 41.3 Å². The fraction of sp³-hybridized carbons (Fsp3) is 0.370. The van der Waals surface area contributed by atoms with E-state index >= 15 is 0 Å². The Balaban J connectivity index is 1.43. The third kappa shape index (κ3) is 6.31. The minimum atomic E-state index is -0.234. The highest BCUT2D eigenvalue weighted by atomic mass is 32.2. The molecule has 3 aromatic rings. The van der Waals surface area contributed by atoms with Gasteiger partial charge in [0.2, 0.25) is 0 Å². The predicted molar refractivity (Wildman–Crippen MR) is 148 cm³/mol. The minimum Gasteiger partial charge on any atom is -0.378 e. The number of morpholine rings is 1. The van der Waals surface area contributed by atoms with Crippen molar-refractivity contribution in [3.8, 4) is 11.4 Å². The van der Waals surface area contributed by atoms with Crippen molar-refractivity contribution in [2.45, 2.75) is 42.4 Å². The summed E-state index contributed by atoms with van der Waals surface area (Å²) in [5, 5.41) is 7.26. The molecule has 1 aliphatic carbocycles. The van der Waals surface area contributed by atoms with Crippen LogP contribution in [0.3, 0.4) is 0 Å². The molecule has 5 rings (SSSR count). The topological polar surface area (TPSA) is 62.3 Å². The van der Waals surface area contributed by atoms with Crippen LogP contribution in [-0.2, 0) is 9.48 Å². The summed E-state index contributed by atoms with van der Waals surface area (Å²) in [5.41, 5.74) is 2.94. The van der Waals surface area contributed by atoms with Crippen molar-refractivity contribution in [3.05, 3.63) is 66.4 Å². The number of anilines is 2. The van der Waals surface area contributed by atoms with Crippen LogP contribution in [0.4, 0.5) is 11.5 Å². The van der Waals surface area contributed by atoms with Gasteiger partial charge >= 0.3 is 0 Å². The van der Waals surface area contributed by atoms with Gasteiger partial charge in [-0.25, -0.2) is 9.97 Å². The maximum atomic E-state index is 5.57. The summed E-state index contributed by atoms with van der Waals surface area (Å²) >= 11 is 7.23. The Kier molecular flexibility index (Phi) is 7.22. The first-order chi connectivity index (χ1) is 17.0. The number of nitrogens with zero attached hydrogens (tertiary/aromatic N) is 3. The zero-order valence-electron chi connectivity index (χ0n) is 20.2. The number of rotatable bonds is 7. The zero-order valence-corrected chi connectivity index (χ0v) is 21.8. The monoisotopic (exact) mass is 505 g/mol. The molecule has 6 nitrogen and oxygen atoms in total. The summed E-state index contributed by atoms with van der Waals surface area (Å²) in [4.78, 5) is 13.5. The first-order valence-electron chi connectivity index (χ1n) is 12.1. The molecule has 0 radical (unpaired) electrons. The van der Waals surface area contributed by atoms with Crippen molar-refractivity contribution >= 4 is 40.6 Å². The van der Waals surface area contributed by atoms with Gasteiger partial charge in [0.25, 0.3) is 0 Å². The highest BCUT2D eigenvalue weighted by molar-refractivity contribution is 8.00. The molecule has 1 aliphatic heterocycles. The molecule has 2 aromatic carbocycles. The lowest BCUT2D eigenvalue weighted by atomic mass is 10.1. The fourth-order valence-corrected chi connectivity index (χ4v) is 5.32. The van der Waals surface area contributed by atoms with Crippen LogP contribution in [0.15, 0.2) is 65.6 Å². The van der Waals surface area contributed by atoms with Gasteiger partial charge in [0.15, 0.2) is 10.9 Å². The van der Waals surface area contributed by atoms with Crippen molar-refractivity contribution in [2.75, 3.05) is 36.5 Å². The molecular weight excluding hydrogens is 474 g/mol. The standard InChI is InChI=1S/C27H31N5OS2/c1-27(2,35-22-6-4-3-5-7-22)23-18-24(32-14-16-33-17-15-32)31-25(30-23)19-8-10-20(11-9-19)28-26(34)29-21-12-13-21/h3-11,18,21H,12-17H2,1-2H3,(H2,28,29,34). The average molecular weight is 506 g/mol. The Labute approximate surface area is 216 Å². The molecule has 1 saturated carbocycles. The van der Waals surface area contributed by atoms with Crippen LogP contribution in [0, 0.1) is 0 Å². The molecule has 1 aromatic heterocycles. The molecule has 0 unspecified atom stereocenters. The molecule has 1 saturated heterocycles. The summed E-state index contributed by atoms with van der Waals surface area (Å²) in [5.74, 6) is 1.68. The van der Waals surface area contributed by atoms with Crippen molar-refractivity contribution < 1.29 is 4.74 Å². The lowest BCUT2D eigenvalue weighted by Gasteiger charge is -2.30. The third-order valence-electron chi connectivity index (χ3n) is 6.09. The van der Waals surface area contributed by atoms with Crippen LogP contribution in [0.1, 0.15) is 32.4 Å². The van der Waals surface area contributed by atoms with Gasteiger partial charge in [0.05, 0.1) is 23.7 Å². The van der Waals surface area contributed by atoms with E-state index in [2.05, 4.69) is 71.8 Å². The van der Waals surface area contributed by atoms with Gasteiger partial charge in [-0.05, 0) is 75.3 Å². The van der Waals surface area contributed by atoms with E-state index in [0.717, 1.165) is 41.7 Å². The molecule has 2 fully saturated rings. The molecule has 0 amide bonds. The maximum absolute atomic E-state index is 5.57. The molecule has 8 heteroatoms. The second-order valence-corrected chi connectivity index (χ2v) is 11.5. The van der Waals surface area contributed by atoms with Crippen LogP contribution in [-0.4, -0.2) is 47.4 Å². The molecule has 0 spiro atoms. The Bertz CT molecular complexity index is 1160. The number of benzene rings is 2. The Hall–Kier alpha value is -2.68. The van der Waals surface area contributed by atoms with Crippen molar-refractivity contribution in [3.63, 3.8) is 0 Å². The number of ether oxygens (including phenoxy) is 1. The number of thioether (sulfide) groups is 1. The van der Waals surface area contributed by atoms with E-state index < -0.39 is 0 Å². The minimum absolute atomic E-state index is 0.234. The summed E-state index contributed by atoms with van der Waals surface area (Å²) in [6.07, 6.45) is 2.39. The first kappa shape index (κ1) is 24.0. The van der Waals surface area contributed by atoms with E-state index in [0.29, 0.717) is 24.4 Å². The van der Waals surface area contributed by atoms with Crippen LogP contribution >= 0.6 is 24.0 Å². The number of aromatic nitrogens is 2. The molecule has 35 heavy (non-hydrogen) atoms. The van der Waals surface area contributed by atoms with E-state index in [-0.39, 0.29) is 4.75 Å². The predicted octanol–water partition coefficient (Wildman–Crippen LogP) is 5.46. The number of thiocarbonyl (C=S) groups is 1. The number of hydrogen-bond acceptors (Lipinski definition) is 6. The van der Waals surface area contributed by atoms with Gasteiger partial charge in [0.1, 0.15) is 5.82 Å². The summed E-state index contributed by atoms with van der Waals surface area (Å²) in [6.45, 7) is 7.53. The Morgan fingerprint density at radius 1 is 1.03 bits per heavy atom. The molecule has 182 valence electrons. The van der Waals surface area contributed by atoms with E-state index in [1.165, 1.54) is 17.7 Å². The lowest BCUT2D eigenvalue weighted by Crippen LogP contribution is -2.37. The Morgan fingerprint density at radius 2 is 1.74 bits per heavy atom. The average Bonchev–Trinajstić information content (AvgIpc) is 3.69. The van der Waals surface area contributed by atoms with Crippen molar-refractivity contribution in [1.29, 1.82) is 0 Å². The lowest BCUT2D eigenvalue weighted by molar-refractivity contribution is 0.122. The Morgan fingerprint density at radius 3 is 2.43 bits per heavy atom. The second kappa shape index (κ2) is 10.5. The SMILES string of the molecule is CC(C)(Sc1ccccc1)c1cc(N2CCOCC2)nc(-c2ccc(NC(=S)NC3CC3)cc2)n1. The van der Waals surface area contributed by atoms with E-state index in [1.54, 1.807) is 0 Å². The summed E-state index contributed by atoms with van der Waals surface area (Å²) in [7, 11) is 0. The first-order valence-corrected chi connectivity index (χ1v) is 13.3. The van der Waals surface area contributed by atoms with Crippen molar-refractivity contribution in [2.24, 2.45) is 0 Å². The molecule has 2 aliphatic rings. The van der Waals surface area contributed by atoms with Crippen LogP contribution in [0.2, 0.25) is 0 Å². The third-order valence-corrected chi connectivity index (χ3v) is 7.54. The number of hydrogen-bond donors (Lipinski definition) is 2. The quantitative estimate of drug-likeness (QED) is 0.324. The van der Waals surface area contributed by atoms with Crippen LogP contribution < -0.4 is 15.5 Å².